The van der Waals surface area contributed by atoms with Crippen molar-refractivity contribution in [3.05, 3.63) is 71.3 Å². The third-order valence-corrected chi connectivity index (χ3v) is 4.33. The van der Waals surface area contributed by atoms with E-state index in [9.17, 15) is 13.2 Å². The van der Waals surface area contributed by atoms with Gasteiger partial charge in [-0.25, -0.2) is 0 Å². The Labute approximate surface area is 121 Å². The Balaban J connectivity index is 1.88. The molecule has 1 unspecified atom stereocenters. The van der Waals surface area contributed by atoms with Crippen LogP contribution in [-0.2, 0) is 11.6 Å². The van der Waals surface area contributed by atoms with E-state index in [4.69, 9.17) is 5.73 Å². The lowest BCUT2D eigenvalue weighted by Gasteiger charge is -2.24. The number of hydrogen-bond acceptors (Lipinski definition) is 1. The van der Waals surface area contributed by atoms with Gasteiger partial charge in [-0.15, -0.1) is 0 Å². The molecule has 1 saturated carbocycles. The minimum Gasteiger partial charge on any atom is -0.323 e. The summed E-state index contributed by atoms with van der Waals surface area (Å²) in [5.74, 6) is 0. The van der Waals surface area contributed by atoms with E-state index in [1.54, 1.807) is 0 Å². The number of benzene rings is 2. The Bertz CT molecular complexity index is 613. The Morgan fingerprint density at radius 3 is 1.95 bits per heavy atom. The van der Waals surface area contributed by atoms with Crippen molar-refractivity contribution in [2.24, 2.45) is 5.73 Å². The lowest BCUT2D eigenvalue weighted by molar-refractivity contribution is -0.137. The summed E-state index contributed by atoms with van der Waals surface area (Å²) in [5.41, 5.74) is 7.50. The molecule has 1 nitrogen and oxygen atoms in total. The van der Waals surface area contributed by atoms with Gasteiger partial charge in [0, 0.05) is 11.5 Å². The lowest BCUT2D eigenvalue weighted by atomic mass is 9.84. The third-order valence-electron chi connectivity index (χ3n) is 4.33. The summed E-state index contributed by atoms with van der Waals surface area (Å²) in [7, 11) is 0. The van der Waals surface area contributed by atoms with Crippen molar-refractivity contribution in [2.75, 3.05) is 0 Å². The van der Waals surface area contributed by atoms with E-state index in [1.165, 1.54) is 12.1 Å². The molecule has 0 saturated heterocycles. The fourth-order valence-corrected chi connectivity index (χ4v) is 2.88. The predicted octanol–water partition coefficient (Wildman–Crippen LogP) is 4.44. The molecule has 0 radical (unpaired) electrons. The Morgan fingerprint density at radius 1 is 0.905 bits per heavy atom. The molecule has 1 aliphatic rings. The van der Waals surface area contributed by atoms with E-state index in [2.05, 4.69) is 0 Å². The van der Waals surface area contributed by atoms with Crippen LogP contribution in [0.3, 0.4) is 0 Å². The molecule has 0 bridgehead atoms. The van der Waals surface area contributed by atoms with Crippen LogP contribution in [0.5, 0.6) is 0 Å². The molecule has 0 amide bonds. The lowest BCUT2D eigenvalue weighted by Crippen LogP contribution is -2.26. The summed E-state index contributed by atoms with van der Waals surface area (Å²) in [5, 5.41) is 0. The quantitative estimate of drug-likeness (QED) is 0.889. The molecule has 2 aromatic rings. The first kappa shape index (κ1) is 14.1. The number of hydrogen-bond donors (Lipinski definition) is 1. The minimum absolute atomic E-state index is 0.124. The zero-order chi connectivity index (χ0) is 15.1. The van der Waals surface area contributed by atoms with Gasteiger partial charge in [0.1, 0.15) is 0 Å². The fraction of sp³-hybridized carbons (Fsp3) is 0.294. The highest BCUT2D eigenvalue weighted by Crippen LogP contribution is 2.55. The smallest absolute Gasteiger partial charge is 0.323 e. The molecule has 0 spiro atoms. The van der Waals surface area contributed by atoms with E-state index in [0.717, 1.165) is 36.1 Å². The highest BCUT2D eigenvalue weighted by atomic mass is 19.4. The van der Waals surface area contributed by atoms with Crippen LogP contribution in [0.25, 0.3) is 0 Å². The molecule has 21 heavy (non-hydrogen) atoms. The molecule has 0 aromatic heterocycles. The largest absolute Gasteiger partial charge is 0.416 e. The molecule has 3 rings (SSSR count). The van der Waals surface area contributed by atoms with Gasteiger partial charge in [-0.3, -0.25) is 0 Å². The summed E-state index contributed by atoms with van der Waals surface area (Å²) >= 11 is 0. The number of rotatable bonds is 3. The van der Waals surface area contributed by atoms with Gasteiger partial charge in [-0.05, 0) is 36.1 Å². The molecule has 1 atom stereocenters. The van der Waals surface area contributed by atoms with Gasteiger partial charge in [0.2, 0.25) is 0 Å². The number of halogens is 3. The second-order valence-corrected chi connectivity index (χ2v) is 5.62. The average molecular weight is 291 g/mol. The van der Waals surface area contributed by atoms with Crippen LogP contribution in [0.4, 0.5) is 13.2 Å². The average Bonchev–Trinajstić information content (AvgIpc) is 3.28. The van der Waals surface area contributed by atoms with E-state index in [0.29, 0.717) is 0 Å². The molecular formula is C17H16F3N. The van der Waals surface area contributed by atoms with Crippen LogP contribution in [0.15, 0.2) is 54.6 Å². The Morgan fingerprint density at radius 2 is 1.48 bits per heavy atom. The van der Waals surface area contributed by atoms with Crippen LogP contribution in [0.2, 0.25) is 0 Å². The van der Waals surface area contributed by atoms with Crippen molar-refractivity contribution in [2.45, 2.75) is 30.5 Å². The summed E-state index contributed by atoms with van der Waals surface area (Å²) in [6, 6.07) is 14.9. The van der Waals surface area contributed by atoms with Crippen molar-refractivity contribution < 1.29 is 13.2 Å². The second-order valence-electron chi connectivity index (χ2n) is 5.62. The minimum atomic E-state index is -4.31. The van der Waals surface area contributed by atoms with Crippen LogP contribution in [0.1, 0.15) is 35.6 Å². The zero-order valence-corrected chi connectivity index (χ0v) is 11.4. The van der Waals surface area contributed by atoms with Crippen molar-refractivity contribution in [1.82, 2.24) is 0 Å². The molecular weight excluding hydrogens is 275 g/mol. The highest BCUT2D eigenvalue weighted by Gasteiger charge is 2.49. The van der Waals surface area contributed by atoms with Crippen LogP contribution in [0, 0.1) is 0 Å². The monoisotopic (exact) mass is 291 g/mol. The Hall–Kier alpha value is -1.81. The van der Waals surface area contributed by atoms with E-state index >= 15 is 0 Å². The molecule has 4 heteroatoms. The van der Waals surface area contributed by atoms with E-state index in [1.807, 2.05) is 30.3 Å². The van der Waals surface area contributed by atoms with Gasteiger partial charge in [0.25, 0.3) is 0 Å². The summed E-state index contributed by atoms with van der Waals surface area (Å²) < 4.78 is 37.8. The maximum absolute atomic E-state index is 12.6. The van der Waals surface area contributed by atoms with Gasteiger partial charge in [0.15, 0.2) is 0 Å². The third kappa shape index (κ3) is 2.56. The fourth-order valence-electron chi connectivity index (χ4n) is 2.88. The van der Waals surface area contributed by atoms with Crippen molar-refractivity contribution in [3.8, 4) is 0 Å². The first-order chi connectivity index (χ1) is 9.93. The molecule has 2 aromatic carbocycles. The second kappa shape index (κ2) is 4.88. The van der Waals surface area contributed by atoms with Crippen LogP contribution >= 0.6 is 0 Å². The zero-order valence-electron chi connectivity index (χ0n) is 11.4. The topological polar surface area (TPSA) is 26.0 Å². The van der Waals surface area contributed by atoms with Crippen LogP contribution < -0.4 is 5.73 Å². The SMILES string of the molecule is NC(c1ccc(C(F)(F)F)cc1)C1(c2ccccc2)CC1. The normalized spacial score (nSPS) is 18.3. The molecule has 0 heterocycles. The van der Waals surface area contributed by atoms with Crippen molar-refractivity contribution in [1.29, 1.82) is 0 Å². The van der Waals surface area contributed by atoms with Crippen molar-refractivity contribution >= 4 is 0 Å². The molecule has 0 aliphatic heterocycles. The van der Waals surface area contributed by atoms with Gasteiger partial charge in [-0.2, -0.15) is 13.2 Å². The standard InChI is InChI=1S/C17H16F3N/c18-17(19,20)14-8-6-12(7-9-14)15(21)16(10-11-16)13-4-2-1-3-5-13/h1-9,15H,10-11,21H2. The highest BCUT2D eigenvalue weighted by molar-refractivity contribution is 5.39. The van der Waals surface area contributed by atoms with Gasteiger partial charge < -0.3 is 5.73 Å². The van der Waals surface area contributed by atoms with E-state index in [-0.39, 0.29) is 11.5 Å². The van der Waals surface area contributed by atoms with Crippen LogP contribution in [-0.4, -0.2) is 0 Å². The molecule has 110 valence electrons. The molecule has 1 aliphatic carbocycles. The van der Waals surface area contributed by atoms with Gasteiger partial charge in [-0.1, -0.05) is 42.5 Å². The first-order valence-corrected chi connectivity index (χ1v) is 6.92. The predicted molar refractivity (Wildman–Crippen MR) is 75.7 cm³/mol. The maximum Gasteiger partial charge on any atom is 0.416 e. The van der Waals surface area contributed by atoms with Gasteiger partial charge >= 0.3 is 6.18 Å². The summed E-state index contributed by atoms with van der Waals surface area (Å²) in [6.45, 7) is 0. The first-order valence-electron chi connectivity index (χ1n) is 6.92. The van der Waals surface area contributed by atoms with E-state index < -0.39 is 11.7 Å². The van der Waals surface area contributed by atoms with Crippen molar-refractivity contribution in [3.63, 3.8) is 0 Å². The number of nitrogens with two attached hydrogens (primary N) is 1. The van der Waals surface area contributed by atoms with Gasteiger partial charge in [0.05, 0.1) is 5.56 Å². The maximum atomic E-state index is 12.6. The summed E-state index contributed by atoms with van der Waals surface area (Å²) in [6.07, 6.45) is -2.36. The molecule has 1 fully saturated rings. The molecule has 2 N–H and O–H groups in total. The Kier molecular flexibility index (Phi) is 3.29. The summed E-state index contributed by atoms with van der Waals surface area (Å²) in [4.78, 5) is 0. The number of alkyl halides is 3.